The van der Waals surface area contributed by atoms with Crippen molar-refractivity contribution in [1.29, 1.82) is 0 Å². The number of nitrogens with zero attached hydrogens (tertiary/aromatic N) is 1. The molecule has 0 aliphatic rings. The third-order valence-electron chi connectivity index (χ3n) is 2.28. The Morgan fingerprint density at radius 1 is 1.29 bits per heavy atom. The first-order chi connectivity index (χ1) is 8.08. The van der Waals surface area contributed by atoms with Gasteiger partial charge in [0.05, 0.1) is 0 Å². The number of anilines is 1. The summed E-state index contributed by atoms with van der Waals surface area (Å²) < 4.78 is 13.0. The average molecular weight is 232 g/mol. The van der Waals surface area contributed by atoms with Crippen molar-refractivity contribution in [2.24, 2.45) is 0 Å². The van der Waals surface area contributed by atoms with Gasteiger partial charge in [-0.15, -0.1) is 0 Å². The van der Waals surface area contributed by atoms with E-state index in [2.05, 4.69) is 4.98 Å². The van der Waals surface area contributed by atoms with E-state index in [1.165, 1.54) is 24.3 Å². The van der Waals surface area contributed by atoms with Crippen LogP contribution in [0.25, 0.3) is 11.1 Å². The number of rotatable bonds is 2. The van der Waals surface area contributed by atoms with Gasteiger partial charge in [-0.25, -0.2) is 14.2 Å². The molecular weight excluding hydrogens is 223 g/mol. The van der Waals surface area contributed by atoms with Crippen molar-refractivity contribution in [3.05, 3.63) is 47.9 Å². The number of nitrogen functional groups attached to an aromatic ring is 1. The topological polar surface area (TPSA) is 76.2 Å². The van der Waals surface area contributed by atoms with Gasteiger partial charge in [0.1, 0.15) is 11.6 Å². The molecule has 0 fully saturated rings. The molecule has 0 radical (unpaired) electrons. The van der Waals surface area contributed by atoms with Crippen LogP contribution in [0.5, 0.6) is 0 Å². The first-order valence-corrected chi connectivity index (χ1v) is 4.83. The third-order valence-corrected chi connectivity index (χ3v) is 2.28. The predicted octanol–water partition coefficient (Wildman–Crippen LogP) is 2.17. The maximum Gasteiger partial charge on any atom is 0.354 e. The van der Waals surface area contributed by atoms with Crippen molar-refractivity contribution >= 4 is 11.8 Å². The van der Waals surface area contributed by atoms with E-state index < -0.39 is 5.97 Å². The lowest BCUT2D eigenvalue weighted by Crippen LogP contribution is -2.04. The molecule has 0 aliphatic carbocycles. The van der Waals surface area contributed by atoms with Crippen LogP contribution in [0.3, 0.4) is 0 Å². The Morgan fingerprint density at radius 2 is 2.06 bits per heavy atom. The second-order valence-electron chi connectivity index (χ2n) is 3.44. The molecule has 3 N–H and O–H groups in total. The number of hydrogen-bond acceptors (Lipinski definition) is 3. The van der Waals surface area contributed by atoms with Crippen LogP contribution in [0.2, 0.25) is 0 Å². The Balaban J connectivity index is 2.50. The molecular formula is C12H9FN2O2. The lowest BCUT2D eigenvalue weighted by molar-refractivity contribution is 0.0690. The van der Waals surface area contributed by atoms with Gasteiger partial charge in [-0.2, -0.15) is 0 Å². The fourth-order valence-electron chi connectivity index (χ4n) is 1.49. The van der Waals surface area contributed by atoms with Gasteiger partial charge in [0.15, 0.2) is 5.69 Å². The molecule has 0 unspecified atom stereocenters. The number of aromatic carboxylic acids is 1. The SMILES string of the molecule is Nc1nc(C(=O)O)ccc1-c1cccc(F)c1. The first-order valence-electron chi connectivity index (χ1n) is 4.83. The zero-order valence-corrected chi connectivity index (χ0v) is 8.72. The van der Waals surface area contributed by atoms with E-state index in [0.717, 1.165) is 0 Å². The number of nitrogens with two attached hydrogens (primary N) is 1. The monoisotopic (exact) mass is 232 g/mol. The van der Waals surface area contributed by atoms with Gasteiger partial charge in [-0.05, 0) is 29.8 Å². The summed E-state index contributed by atoms with van der Waals surface area (Å²) in [5, 5.41) is 8.74. The Hall–Kier alpha value is -2.43. The summed E-state index contributed by atoms with van der Waals surface area (Å²) in [6, 6.07) is 8.71. The van der Waals surface area contributed by atoms with E-state index in [9.17, 15) is 9.18 Å². The minimum atomic E-state index is -1.15. The quantitative estimate of drug-likeness (QED) is 0.831. The van der Waals surface area contributed by atoms with Gasteiger partial charge < -0.3 is 10.8 Å². The molecule has 0 saturated heterocycles. The fraction of sp³-hybridized carbons (Fsp3) is 0. The lowest BCUT2D eigenvalue weighted by atomic mass is 10.1. The van der Waals surface area contributed by atoms with E-state index in [0.29, 0.717) is 11.1 Å². The molecule has 2 rings (SSSR count). The zero-order valence-electron chi connectivity index (χ0n) is 8.72. The van der Waals surface area contributed by atoms with E-state index in [1.54, 1.807) is 12.1 Å². The van der Waals surface area contributed by atoms with E-state index in [4.69, 9.17) is 10.8 Å². The number of aromatic nitrogens is 1. The highest BCUT2D eigenvalue weighted by molar-refractivity contribution is 5.87. The minimum absolute atomic E-state index is 0.0653. The average Bonchev–Trinajstić information content (AvgIpc) is 2.28. The number of hydrogen-bond donors (Lipinski definition) is 2. The minimum Gasteiger partial charge on any atom is -0.477 e. The number of halogens is 1. The van der Waals surface area contributed by atoms with Crippen molar-refractivity contribution in [3.63, 3.8) is 0 Å². The maximum absolute atomic E-state index is 13.0. The molecule has 86 valence electrons. The second kappa shape index (κ2) is 4.21. The molecule has 2 aromatic rings. The van der Waals surface area contributed by atoms with Crippen LogP contribution in [0.1, 0.15) is 10.5 Å². The van der Waals surface area contributed by atoms with Gasteiger partial charge in [0.25, 0.3) is 0 Å². The highest BCUT2D eigenvalue weighted by Crippen LogP contribution is 2.25. The molecule has 4 nitrogen and oxygen atoms in total. The first kappa shape index (κ1) is 11.1. The molecule has 0 bridgehead atoms. The summed E-state index contributed by atoms with van der Waals surface area (Å²) in [5.74, 6) is -1.47. The van der Waals surface area contributed by atoms with Gasteiger partial charge >= 0.3 is 5.97 Å². The van der Waals surface area contributed by atoms with Crippen molar-refractivity contribution in [2.45, 2.75) is 0 Å². The molecule has 5 heteroatoms. The van der Waals surface area contributed by atoms with Crippen LogP contribution < -0.4 is 5.73 Å². The zero-order chi connectivity index (χ0) is 12.4. The molecule has 0 atom stereocenters. The van der Waals surface area contributed by atoms with Crippen LogP contribution in [-0.2, 0) is 0 Å². The molecule has 0 amide bonds. The standard InChI is InChI=1S/C12H9FN2O2/c13-8-3-1-2-7(6-8)9-4-5-10(12(16)17)15-11(9)14/h1-6H,(H2,14,15)(H,16,17). The van der Waals surface area contributed by atoms with Gasteiger partial charge in [-0.3, -0.25) is 0 Å². The van der Waals surface area contributed by atoms with Crippen molar-refractivity contribution in [1.82, 2.24) is 4.98 Å². The Labute approximate surface area is 96.5 Å². The number of carboxylic acids is 1. The molecule has 0 aliphatic heterocycles. The molecule has 0 spiro atoms. The molecule has 0 saturated carbocycles. The van der Waals surface area contributed by atoms with Gasteiger partial charge in [0.2, 0.25) is 0 Å². The largest absolute Gasteiger partial charge is 0.477 e. The number of carbonyl (C=O) groups is 1. The smallest absolute Gasteiger partial charge is 0.354 e. The van der Waals surface area contributed by atoms with Crippen LogP contribution in [-0.4, -0.2) is 16.1 Å². The Morgan fingerprint density at radius 3 is 2.65 bits per heavy atom. The lowest BCUT2D eigenvalue weighted by Gasteiger charge is -2.05. The van der Waals surface area contributed by atoms with E-state index in [-0.39, 0.29) is 17.3 Å². The number of benzene rings is 1. The summed E-state index contributed by atoms with van der Waals surface area (Å²) in [5.41, 5.74) is 6.58. The Kier molecular flexibility index (Phi) is 2.74. The van der Waals surface area contributed by atoms with Crippen molar-refractivity contribution < 1.29 is 14.3 Å². The summed E-state index contributed by atoms with van der Waals surface area (Å²) in [4.78, 5) is 14.4. The van der Waals surface area contributed by atoms with E-state index >= 15 is 0 Å². The third kappa shape index (κ3) is 2.23. The maximum atomic E-state index is 13.0. The molecule has 1 aromatic carbocycles. The summed E-state index contributed by atoms with van der Waals surface area (Å²) in [6.07, 6.45) is 0. The number of pyridine rings is 1. The summed E-state index contributed by atoms with van der Waals surface area (Å²) in [6.45, 7) is 0. The normalized spacial score (nSPS) is 10.2. The highest BCUT2D eigenvalue weighted by Gasteiger charge is 2.09. The van der Waals surface area contributed by atoms with Crippen molar-refractivity contribution in [2.75, 3.05) is 5.73 Å². The molecule has 1 heterocycles. The fourth-order valence-corrected chi connectivity index (χ4v) is 1.49. The molecule has 1 aromatic heterocycles. The van der Waals surface area contributed by atoms with Gasteiger partial charge in [0, 0.05) is 5.56 Å². The van der Waals surface area contributed by atoms with Gasteiger partial charge in [-0.1, -0.05) is 12.1 Å². The van der Waals surface area contributed by atoms with Crippen LogP contribution in [0.4, 0.5) is 10.2 Å². The Bertz CT molecular complexity index is 584. The van der Waals surface area contributed by atoms with Crippen LogP contribution >= 0.6 is 0 Å². The summed E-state index contributed by atoms with van der Waals surface area (Å²) >= 11 is 0. The van der Waals surface area contributed by atoms with E-state index in [1.807, 2.05) is 0 Å². The molecule has 17 heavy (non-hydrogen) atoms. The van der Waals surface area contributed by atoms with Crippen molar-refractivity contribution in [3.8, 4) is 11.1 Å². The second-order valence-corrected chi connectivity index (χ2v) is 3.44. The van der Waals surface area contributed by atoms with Crippen LogP contribution in [0, 0.1) is 5.82 Å². The predicted molar refractivity (Wildman–Crippen MR) is 61.0 cm³/mol. The van der Waals surface area contributed by atoms with Crippen LogP contribution in [0.15, 0.2) is 36.4 Å². The highest BCUT2D eigenvalue weighted by atomic mass is 19.1. The summed E-state index contributed by atoms with van der Waals surface area (Å²) in [7, 11) is 0. The number of carboxylic acid groups (broad SMARTS) is 1.